The van der Waals surface area contributed by atoms with E-state index in [9.17, 15) is 0 Å². The van der Waals surface area contributed by atoms with Crippen LogP contribution in [-0.2, 0) is 6.42 Å². The number of aliphatic hydroxyl groups excluding tert-OH is 1. The maximum absolute atomic E-state index is 9.16. The van der Waals surface area contributed by atoms with Gasteiger partial charge in [0.05, 0.1) is 0 Å². The number of benzene rings is 1. The third-order valence-corrected chi connectivity index (χ3v) is 2.52. The molecule has 0 radical (unpaired) electrons. The predicted molar refractivity (Wildman–Crippen MR) is 55.6 cm³/mol. The van der Waals surface area contributed by atoms with E-state index in [4.69, 9.17) is 5.11 Å². The van der Waals surface area contributed by atoms with Crippen molar-refractivity contribution < 1.29 is 5.11 Å². The smallest absolute Gasteiger partial charge is 0.0464 e. The van der Waals surface area contributed by atoms with Crippen molar-refractivity contribution in [3.05, 3.63) is 35.9 Å². The summed E-state index contributed by atoms with van der Waals surface area (Å²) >= 11 is 0. The highest BCUT2D eigenvalue weighted by molar-refractivity contribution is 5.15. The van der Waals surface area contributed by atoms with E-state index in [0.717, 1.165) is 6.42 Å². The van der Waals surface area contributed by atoms with Crippen molar-refractivity contribution in [2.75, 3.05) is 6.61 Å². The standard InChI is InChI=1S/C12H18O/c1-10(2)12(9-13)8-11-6-4-3-5-7-11/h3-7,10,12-13H,8-9H2,1-2H3. The van der Waals surface area contributed by atoms with Crippen LogP contribution in [0, 0.1) is 11.8 Å². The molecule has 1 N–H and O–H groups in total. The molecule has 0 aliphatic carbocycles. The first-order chi connectivity index (χ1) is 6.24. The third-order valence-electron chi connectivity index (χ3n) is 2.52. The van der Waals surface area contributed by atoms with Gasteiger partial charge in [-0.05, 0) is 23.8 Å². The van der Waals surface area contributed by atoms with Crippen LogP contribution in [0.1, 0.15) is 19.4 Å². The molecular formula is C12H18O. The first-order valence-corrected chi connectivity index (χ1v) is 4.88. The normalized spacial score (nSPS) is 13.2. The fourth-order valence-electron chi connectivity index (χ4n) is 1.43. The second-order valence-corrected chi connectivity index (χ2v) is 3.88. The summed E-state index contributed by atoms with van der Waals surface area (Å²) in [5, 5.41) is 9.16. The highest BCUT2D eigenvalue weighted by atomic mass is 16.3. The van der Waals surface area contributed by atoms with E-state index >= 15 is 0 Å². The zero-order chi connectivity index (χ0) is 9.68. The van der Waals surface area contributed by atoms with E-state index in [0.29, 0.717) is 11.8 Å². The van der Waals surface area contributed by atoms with E-state index in [-0.39, 0.29) is 6.61 Å². The van der Waals surface area contributed by atoms with Gasteiger partial charge in [0.1, 0.15) is 0 Å². The van der Waals surface area contributed by atoms with Gasteiger partial charge >= 0.3 is 0 Å². The summed E-state index contributed by atoms with van der Waals surface area (Å²) in [5.74, 6) is 0.938. The van der Waals surface area contributed by atoms with Gasteiger partial charge in [-0.25, -0.2) is 0 Å². The Kier molecular flexibility index (Phi) is 3.97. The molecule has 0 aliphatic rings. The van der Waals surface area contributed by atoms with Crippen LogP contribution in [0.15, 0.2) is 30.3 Å². The lowest BCUT2D eigenvalue weighted by Crippen LogP contribution is -2.16. The average Bonchev–Trinajstić information content (AvgIpc) is 2.15. The molecule has 0 amide bonds. The summed E-state index contributed by atoms with van der Waals surface area (Å²) in [6, 6.07) is 10.3. The first-order valence-electron chi connectivity index (χ1n) is 4.88. The Morgan fingerprint density at radius 2 is 1.77 bits per heavy atom. The molecule has 0 bridgehead atoms. The van der Waals surface area contributed by atoms with Gasteiger partial charge in [0.2, 0.25) is 0 Å². The monoisotopic (exact) mass is 178 g/mol. The molecule has 1 nitrogen and oxygen atoms in total. The van der Waals surface area contributed by atoms with Crippen LogP contribution in [0.4, 0.5) is 0 Å². The van der Waals surface area contributed by atoms with Crippen LogP contribution in [0.3, 0.4) is 0 Å². The molecule has 1 aromatic carbocycles. The van der Waals surface area contributed by atoms with Crippen LogP contribution in [-0.4, -0.2) is 11.7 Å². The fourth-order valence-corrected chi connectivity index (χ4v) is 1.43. The molecule has 0 heterocycles. The minimum atomic E-state index is 0.284. The molecule has 0 saturated heterocycles. The van der Waals surface area contributed by atoms with Crippen molar-refractivity contribution >= 4 is 0 Å². The topological polar surface area (TPSA) is 20.2 Å². The van der Waals surface area contributed by atoms with Crippen molar-refractivity contribution in [2.24, 2.45) is 11.8 Å². The predicted octanol–water partition coefficient (Wildman–Crippen LogP) is 2.49. The van der Waals surface area contributed by atoms with Crippen LogP contribution in [0.25, 0.3) is 0 Å². The van der Waals surface area contributed by atoms with Gasteiger partial charge in [-0.3, -0.25) is 0 Å². The Bertz CT molecular complexity index is 228. The van der Waals surface area contributed by atoms with E-state index in [1.807, 2.05) is 18.2 Å². The molecule has 0 aliphatic heterocycles. The number of aliphatic hydroxyl groups is 1. The van der Waals surface area contributed by atoms with Gasteiger partial charge in [-0.15, -0.1) is 0 Å². The van der Waals surface area contributed by atoms with Crippen molar-refractivity contribution in [3.8, 4) is 0 Å². The zero-order valence-corrected chi connectivity index (χ0v) is 8.40. The van der Waals surface area contributed by atoms with Crippen LogP contribution < -0.4 is 0 Å². The lowest BCUT2D eigenvalue weighted by atomic mass is 9.90. The molecule has 0 aromatic heterocycles. The molecule has 1 rings (SSSR count). The molecule has 0 saturated carbocycles. The summed E-state index contributed by atoms with van der Waals surface area (Å²) in [4.78, 5) is 0. The molecular weight excluding hydrogens is 160 g/mol. The lowest BCUT2D eigenvalue weighted by molar-refractivity contribution is 0.189. The Balaban J connectivity index is 2.57. The van der Waals surface area contributed by atoms with E-state index in [2.05, 4.69) is 26.0 Å². The maximum Gasteiger partial charge on any atom is 0.0464 e. The second kappa shape index (κ2) is 5.03. The van der Waals surface area contributed by atoms with Gasteiger partial charge in [-0.2, -0.15) is 0 Å². The fraction of sp³-hybridized carbons (Fsp3) is 0.500. The minimum Gasteiger partial charge on any atom is -0.396 e. The molecule has 1 heteroatoms. The summed E-state index contributed by atoms with van der Waals surface area (Å²) in [6.07, 6.45) is 0.981. The van der Waals surface area contributed by atoms with Crippen LogP contribution in [0.5, 0.6) is 0 Å². The van der Waals surface area contributed by atoms with Gasteiger partial charge < -0.3 is 5.11 Å². The van der Waals surface area contributed by atoms with Gasteiger partial charge in [-0.1, -0.05) is 44.2 Å². The first kappa shape index (κ1) is 10.3. The largest absolute Gasteiger partial charge is 0.396 e. The lowest BCUT2D eigenvalue weighted by Gasteiger charge is -2.17. The maximum atomic E-state index is 9.16. The molecule has 13 heavy (non-hydrogen) atoms. The van der Waals surface area contributed by atoms with Crippen molar-refractivity contribution in [1.29, 1.82) is 0 Å². The minimum absolute atomic E-state index is 0.284. The number of hydrogen-bond acceptors (Lipinski definition) is 1. The quantitative estimate of drug-likeness (QED) is 0.751. The summed E-state index contributed by atoms with van der Waals surface area (Å²) in [6.45, 7) is 4.60. The number of hydrogen-bond donors (Lipinski definition) is 1. The van der Waals surface area contributed by atoms with Crippen molar-refractivity contribution in [1.82, 2.24) is 0 Å². The number of rotatable bonds is 4. The van der Waals surface area contributed by atoms with Crippen LogP contribution in [0.2, 0.25) is 0 Å². The van der Waals surface area contributed by atoms with E-state index < -0.39 is 0 Å². The molecule has 1 aromatic rings. The molecule has 72 valence electrons. The molecule has 1 unspecified atom stereocenters. The Morgan fingerprint density at radius 1 is 1.15 bits per heavy atom. The average molecular weight is 178 g/mol. The Labute approximate surface area is 80.4 Å². The molecule has 0 fully saturated rings. The van der Waals surface area contributed by atoms with E-state index in [1.54, 1.807) is 0 Å². The van der Waals surface area contributed by atoms with Gasteiger partial charge in [0, 0.05) is 6.61 Å². The van der Waals surface area contributed by atoms with E-state index in [1.165, 1.54) is 5.56 Å². The summed E-state index contributed by atoms with van der Waals surface area (Å²) in [7, 11) is 0. The van der Waals surface area contributed by atoms with Gasteiger partial charge in [0.15, 0.2) is 0 Å². The van der Waals surface area contributed by atoms with Crippen molar-refractivity contribution in [3.63, 3.8) is 0 Å². The Morgan fingerprint density at radius 3 is 2.23 bits per heavy atom. The SMILES string of the molecule is CC(C)C(CO)Cc1ccccc1. The van der Waals surface area contributed by atoms with Crippen LogP contribution >= 0.6 is 0 Å². The van der Waals surface area contributed by atoms with Gasteiger partial charge in [0.25, 0.3) is 0 Å². The Hall–Kier alpha value is -0.820. The highest BCUT2D eigenvalue weighted by Gasteiger charge is 2.12. The zero-order valence-electron chi connectivity index (χ0n) is 8.40. The second-order valence-electron chi connectivity index (χ2n) is 3.88. The summed E-state index contributed by atoms with van der Waals surface area (Å²) in [5.41, 5.74) is 1.32. The molecule has 1 atom stereocenters. The highest BCUT2D eigenvalue weighted by Crippen LogP contribution is 2.16. The summed E-state index contributed by atoms with van der Waals surface area (Å²) < 4.78 is 0. The third kappa shape index (κ3) is 3.19. The molecule has 0 spiro atoms. The van der Waals surface area contributed by atoms with Crippen molar-refractivity contribution in [2.45, 2.75) is 20.3 Å².